The van der Waals surface area contributed by atoms with Crippen LogP contribution in [0.15, 0.2) is 36.4 Å². The number of hydrogen-bond acceptors (Lipinski definition) is 4. The van der Waals surface area contributed by atoms with E-state index in [1.54, 1.807) is 24.3 Å². The molecule has 0 bridgehead atoms. The Kier molecular flexibility index (Phi) is 7.93. The molecule has 3 rings (SSSR count). The van der Waals surface area contributed by atoms with Gasteiger partial charge in [0.05, 0.1) is 6.61 Å². The molecule has 2 aromatic rings. The number of benzene rings is 2. The van der Waals surface area contributed by atoms with Gasteiger partial charge < -0.3 is 19.9 Å². The highest BCUT2D eigenvalue weighted by Gasteiger charge is 2.20. The number of ether oxygens (including phenoxy) is 1. The Morgan fingerprint density at radius 1 is 1.03 bits per heavy atom. The summed E-state index contributed by atoms with van der Waals surface area (Å²) in [6.07, 6.45) is 0.958. The van der Waals surface area contributed by atoms with Crippen molar-refractivity contribution in [1.29, 1.82) is 0 Å². The predicted octanol–water partition coefficient (Wildman–Crippen LogP) is 4.14. The number of hydrogen-bond donors (Lipinski definition) is 1. The second-order valence-electron chi connectivity index (χ2n) is 8.04. The lowest BCUT2D eigenvalue weighted by molar-refractivity contribution is -0.116. The van der Waals surface area contributed by atoms with Crippen LogP contribution in [-0.4, -0.2) is 61.4 Å². The Hall–Kier alpha value is -2.57. The van der Waals surface area contributed by atoms with Crippen LogP contribution in [0.5, 0.6) is 5.75 Å². The van der Waals surface area contributed by atoms with Gasteiger partial charge in [0.2, 0.25) is 5.91 Å². The topological polar surface area (TPSA) is 61.9 Å². The van der Waals surface area contributed by atoms with Gasteiger partial charge in [0.15, 0.2) is 0 Å². The average Bonchev–Trinajstić information content (AvgIpc) is 2.75. The first-order valence-corrected chi connectivity index (χ1v) is 11.0. The molecule has 0 unspecified atom stereocenters. The quantitative estimate of drug-likeness (QED) is 0.653. The predicted molar refractivity (Wildman–Crippen MR) is 124 cm³/mol. The Morgan fingerprint density at radius 2 is 1.65 bits per heavy atom. The highest BCUT2D eigenvalue weighted by molar-refractivity contribution is 6.32. The van der Waals surface area contributed by atoms with E-state index in [1.807, 2.05) is 30.9 Å². The van der Waals surface area contributed by atoms with E-state index in [0.717, 1.165) is 48.1 Å². The normalized spacial score (nSPS) is 14.4. The maximum Gasteiger partial charge on any atom is 0.253 e. The molecule has 0 radical (unpaired) electrons. The van der Waals surface area contributed by atoms with Gasteiger partial charge in [-0.3, -0.25) is 9.59 Å². The van der Waals surface area contributed by atoms with Gasteiger partial charge >= 0.3 is 0 Å². The van der Waals surface area contributed by atoms with Crippen molar-refractivity contribution in [2.45, 2.75) is 26.7 Å². The number of anilines is 1. The summed E-state index contributed by atoms with van der Waals surface area (Å²) in [6, 6.07) is 10.9. The van der Waals surface area contributed by atoms with Gasteiger partial charge in [-0.1, -0.05) is 11.6 Å². The van der Waals surface area contributed by atoms with E-state index < -0.39 is 0 Å². The molecule has 1 aliphatic rings. The highest BCUT2D eigenvalue weighted by atomic mass is 35.5. The summed E-state index contributed by atoms with van der Waals surface area (Å²) in [4.78, 5) is 28.9. The van der Waals surface area contributed by atoms with Crippen LogP contribution >= 0.6 is 11.6 Å². The monoisotopic (exact) mass is 443 g/mol. The lowest BCUT2D eigenvalue weighted by Gasteiger charge is -2.32. The molecule has 166 valence electrons. The third kappa shape index (κ3) is 6.45. The van der Waals surface area contributed by atoms with E-state index in [1.165, 1.54) is 0 Å². The molecule has 0 saturated carbocycles. The van der Waals surface area contributed by atoms with Crippen LogP contribution in [0.25, 0.3) is 0 Å². The molecule has 0 atom stereocenters. The Bertz CT molecular complexity index is 899. The highest BCUT2D eigenvalue weighted by Crippen LogP contribution is 2.26. The molecular formula is C24H30ClN3O3. The number of likely N-dealkylation sites (N-methyl/N-ethyl adjacent to an activating group) is 1. The van der Waals surface area contributed by atoms with Crippen LogP contribution in [0, 0.1) is 13.8 Å². The number of nitrogens with one attached hydrogen (secondary N) is 1. The number of piperazine rings is 1. The molecule has 1 aliphatic heterocycles. The summed E-state index contributed by atoms with van der Waals surface area (Å²) in [5, 5.41) is 3.63. The second-order valence-corrected chi connectivity index (χ2v) is 8.42. The summed E-state index contributed by atoms with van der Waals surface area (Å²) in [5.41, 5.74) is 3.28. The third-order valence-corrected chi connectivity index (χ3v) is 6.03. The zero-order valence-corrected chi connectivity index (χ0v) is 19.2. The molecule has 2 amide bonds. The van der Waals surface area contributed by atoms with Crippen LogP contribution in [0.2, 0.25) is 5.02 Å². The number of amides is 2. The molecule has 0 aliphatic carbocycles. The smallest absolute Gasteiger partial charge is 0.253 e. The Morgan fingerprint density at radius 3 is 2.26 bits per heavy atom. The molecule has 6 nitrogen and oxygen atoms in total. The molecule has 1 N–H and O–H groups in total. The molecule has 0 spiro atoms. The van der Waals surface area contributed by atoms with E-state index >= 15 is 0 Å². The first-order valence-electron chi connectivity index (χ1n) is 10.6. The molecule has 1 fully saturated rings. The van der Waals surface area contributed by atoms with Crippen molar-refractivity contribution >= 4 is 29.1 Å². The van der Waals surface area contributed by atoms with E-state index in [2.05, 4.69) is 17.3 Å². The van der Waals surface area contributed by atoms with Crippen molar-refractivity contribution in [3.05, 3.63) is 58.1 Å². The Labute approximate surface area is 189 Å². The van der Waals surface area contributed by atoms with Gasteiger partial charge in [0, 0.05) is 48.9 Å². The van der Waals surface area contributed by atoms with E-state index in [-0.39, 0.29) is 11.8 Å². The van der Waals surface area contributed by atoms with Crippen molar-refractivity contribution in [2.24, 2.45) is 0 Å². The third-order valence-electron chi connectivity index (χ3n) is 5.43. The molecule has 2 aromatic carbocycles. The minimum atomic E-state index is -0.0785. The summed E-state index contributed by atoms with van der Waals surface area (Å²) in [6.45, 7) is 7.60. The summed E-state index contributed by atoms with van der Waals surface area (Å²) in [7, 11) is 2.06. The first-order chi connectivity index (χ1) is 14.8. The van der Waals surface area contributed by atoms with E-state index in [4.69, 9.17) is 16.3 Å². The first kappa shape index (κ1) is 23.1. The SMILES string of the molecule is Cc1cc(OCCCC(=O)Nc2ccc(C(=O)N3CCN(C)CC3)cc2)cc(C)c1Cl. The van der Waals surface area contributed by atoms with Crippen LogP contribution in [-0.2, 0) is 4.79 Å². The lowest BCUT2D eigenvalue weighted by Crippen LogP contribution is -2.47. The number of rotatable bonds is 7. The van der Waals surface area contributed by atoms with Crippen molar-refractivity contribution in [2.75, 3.05) is 45.2 Å². The van der Waals surface area contributed by atoms with Crippen molar-refractivity contribution in [3.8, 4) is 5.75 Å². The minimum Gasteiger partial charge on any atom is -0.494 e. The molecule has 0 aromatic heterocycles. The summed E-state index contributed by atoms with van der Waals surface area (Å²) >= 11 is 6.17. The number of nitrogens with zero attached hydrogens (tertiary/aromatic N) is 2. The molecule has 7 heteroatoms. The maximum absolute atomic E-state index is 12.6. The number of carbonyl (C=O) groups excluding carboxylic acids is 2. The van der Waals surface area contributed by atoms with Gasteiger partial charge in [0.1, 0.15) is 5.75 Å². The van der Waals surface area contributed by atoms with Crippen molar-refractivity contribution < 1.29 is 14.3 Å². The minimum absolute atomic E-state index is 0.0378. The average molecular weight is 444 g/mol. The Balaban J connectivity index is 1.42. The van der Waals surface area contributed by atoms with Gasteiger partial charge in [-0.2, -0.15) is 0 Å². The molecule has 1 heterocycles. The maximum atomic E-state index is 12.6. The zero-order valence-electron chi connectivity index (χ0n) is 18.4. The van der Waals surface area contributed by atoms with Crippen molar-refractivity contribution in [1.82, 2.24) is 9.80 Å². The largest absolute Gasteiger partial charge is 0.494 e. The molecule has 1 saturated heterocycles. The number of aryl methyl sites for hydroxylation is 2. The fourth-order valence-corrected chi connectivity index (χ4v) is 3.63. The summed E-state index contributed by atoms with van der Waals surface area (Å²) in [5.74, 6) is 0.724. The van der Waals surface area contributed by atoms with Gasteiger partial charge in [-0.15, -0.1) is 0 Å². The second kappa shape index (κ2) is 10.6. The van der Waals surface area contributed by atoms with E-state index in [0.29, 0.717) is 30.7 Å². The van der Waals surface area contributed by atoms with Crippen LogP contribution < -0.4 is 10.1 Å². The molecule has 31 heavy (non-hydrogen) atoms. The number of carbonyl (C=O) groups is 2. The zero-order chi connectivity index (χ0) is 22.4. The van der Waals surface area contributed by atoms with E-state index in [9.17, 15) is 9.59 Å². The standard InChI is InChI=1S/C24H30ClN3O3/c1-17-15-21(16-18(2)23(17)25)31-14-4-5-22(29)26-20-8-6-19(7-9-20)24(30)28-12-10-27(3)11-13-28/h6-9,15-16H,4-5,10-14H2,1-3H3,(H,26,29). The van der Waals surface area contributed by atoms with Crippen LogP contribution in [0.1, 0.15) is 34.3 Å². The molecular weight excluding hydrogens is 414 g/mol. The number of halogens is 1. The van der Waals surface area contributed by atoms with Gasteiger partial charge in [0.25, 0.3) is 5.91 Å². The summed E-state index contributed by atoms with van der Waals surface area (Å²) < 4.78 is 5.75. The van der Waals surface area contributed by atoms with Crippen LogP contribution in [0.4, 0.5) is 5.69 Å². The van der Waals surface area contributed by atoms with Crippen LogP contribution in [0.3, 0.4) is 0 Å². The fraction of sp³-hybridized carbons (Fsp3) is 0.417. The fourth-order valence-electron chi connectivity index (χ4n) is 3.52. The lowest BCUT2D eigenvalue weighted by atomic mass is 10.1. The van der Waals surface area contributed by atoms with Gasteiger partial charge in [-0.25, -0.2) is 0 Å². The van der Waals surface area contributed by atoms with Crippen molar-refractivity contribution in [3.63, 3.8) is 0 Å². The van der Waals surface area contributed by atoms with Gasteiger partial charge in [-0.05, 0) is 74.8 Å².